The third-order valence-corrected chi connectivity index (χ3v) is 7.05. The molecule has 3 heterocycles. The average Bonchev–Trinajstić information content (AvgIpc) is 2.96. The number of hydrogen-bond donors (Lipinski definition) is 3. The third kappa shape index (κ3) is 6.33. The van der Waals surface area contributed by atoms with Gasteiger partial charge in [0, 0.05) is 78.1 Å². The van der Waals surface area contributed by atoms with Gasteiger partial charge in [0.1, 0.15) is 28.9 Å². The van der Waals surface area contributed by atoms with Crippen LogP contribution in [0.15, 0.2) is 54.7 Å². The Morgan fingerprint density at radius 3 is 2.59 bits per heavy atom. The normalized spacial score (nSPS) is 13.0. The number of rotatable bonds is 10. The van der Waals surface area contributed by atoms with E-state index in [9.17, 15) is 8.78 Å². The number of nitrogens with zero attached hydrogens (tertiary/aromatic N) is 4. The van der Waals surface area contributed by atoms with Gasteiger partial charge in [0.05, 0.1) is 12.3 Å². The zero-order valence-corrected chi connectivity index (χ0v) is 23.4. The van der Waals surface area contributed by atoms with Crippen LogP contribution in [-0.4, -0.2) is 45.3 Å². The SMILES string of the molecule is CCOc1cc(F)c(CNc2ccccc2C(=N)c2nc3c(c(Nc4ccnc(C)c4)n2)CN(CC)CC3)c(F)c1. The number of aryl methyl sites for hydroxylation is 1. The molecule has 0 atom stereocenters. The highest BCUT2D eigenvalue weighted by molar-refractivity contribution is 6.12. The highest BCUT2D eigenvalue weighted by Crippen LogP contribution is 2.29. The molecule has 2 aromatic heterocycles. The lowest BCUT2D eigenvalue weighted by atomic mass is 10.0. The van der Waals surface area contributed by atoms with E-state index in [1.165, 1.54) is 12.1 Å². The van der Waals surface area contributed by atoms with Gasteiger partial charge in [-0.05, 0) is 38.6 Å². The molecule has 0 spiro atoms. The van der Waals surface area contributed by atoms with Crippen LogP contribution in [0.4, 0.5) is 26.0 Å². The van der Waals surface area contributed by atoms with Crippen LogP contribution in [0.1, 0.15) is 47.8 Å². The number of benzene rings is 2. The van der Waals surface area contributed by atoms with Crippen molar-refractivity contribution in [2.45, 2.75) is 40.3 Å². The Balaban J connectivity index is 1.46. The predicted octanol–water partition coefficient (Wildman–Crippen LogP) is 6.01. The van der Waals surface area contributed by atoms with E-state index in [1.807, 2.05) is 25.1 Å². The fourth-order valence-electron chi connectivity index (χ4n) is 4.87. The quantitative estimate of drug-likeness (QED) is 0.206. The molecule has 212 valence electrons. The second-order valence-corrected chi connectivity index (χ2v) is 9.82. The number of para-hydroxylation sites is 1. The van der Waals surface area contributed by atoms with Gasteiger partial charge in [-0.3, -0.25) is 15.3 Å². The van der Waals surface area contributed by atoms with Crippen LogP contribution in [0, 0.1) is 24.0 Å². The largest absolute Gasteiger partial charge is 0.494 e. The smallest absolute Gasteiger partial charge is 0.180 e. The van der Waals surface area contributed by atoms with Gasteiger partial charge in [-0.2, -0.15) is 0 Å². The zero-order chi connectivity index (χ0) is 28.9. The Morgan fingerprint density at radius 1 is 1.07 bits per heavy atom. The lowest BCUT2D eigenvalue weighted by molar-refractivity contribution is 0.266. The van der Waals surface area contributed by atoms with Crippen molar-refractivity contribution in [1.82, 2.24) is 19.9 Å². The topological polar surface area (TPSA) is 99.0 Å². The molecule has 0 saturated carbocycles. The highest BCUT2D eigenvalue weighted by Gasteiger charge is 2.24. The van der Waals surface area contributed by atoms with Gasteiger partial charge in [0.15, 0.2) is 5.82 Å². The minimum atomic E-state index is -0.699. The molecule has 2 aromatic carbocycles. The number of pyridine rings is 1. The summed E-state index contributed by atoms with van der Waals surface area (Å²) in [6.45, 7) is 8.51. The van der Waals surface area contributed by atoms with Gasteiger partial charge < -0.3 is 15.4 Å². The molecule has 0 fully saturated rings. The molecule has 0 amide bonds. The summed E-state index contributed by atoms with van der Waals surface area (Å²) in [5, 5.41) is 15.6. The van der Waals surface area contributed by atoms with Crippen molar-refractivity contribution in [2.75, 3.05) is 30.3 Å². The molecule has 8 nitrogen and oxygen atoms in total. The Labute approximate surface area is 238 Å². The molecule has 0 aliphatic carbocycles. The lowest BCUT2D eigenvalue weighted by Crippen LogP contribution is -2.32. The first-order valence-electron chi connectivity index (χ1n) is 13.7. The van der Waals surface area contributed by atoms with Crippen LogP contribution in [0.25, 0.3) is 0 Å². The second-order valence-electron chi connectivity index (χ2n) is 9.82. The molecular formula is C31H33F2N7O. The van der Waals surface area contributed by atoms with Crippen molar-refractivity contribution in [1.29, 1.82) is 5.41 Å². The minimum Gasteiger partial charge on any atom is -0.494 e. The van der Waals surface area contributed by atoms with E-state index < -0.39 is 11.6 Å². The summed E-state index contributed by atoms with van der Waals surface area (Å²) < 4.78 is 34.6. The monoisotopic (exact) mass is 557 g/mol. The van der Waals surface area contributed by atoms with Crippen molar-refractivity contribution >= 4 is 22.9 Å². The van der Waals surface area contributed by atoms with Crippen LogP contribution < -0.4 is 15.4 Å². The molecule has 0 unspecified atom stereocenters. The summed E-state index contributed by atoms with van der Waals surface area (Å²) in [7, 11) is 0. The fourth-order valence-corrected chi connectivity index (χ4v) is 4.87. The van der Waals surface area contributed by atoms with Crippen molar-refractivity contribution in [3.63, 3.8) is 0 Å². The number of likely N-dealkylation sites (N-methyl/N-ethyl adjacent to an activating group) is 1. The van der Waals surface area contributed by atoms with Crippen LogP contribution in [0.3, 0.4) is 0 Å². The van der Waals surface area contributed by atoms with Gasteiger partial charge in [0.2, 0.25) is 0 Å². The van der Waals surface area contributed by atoms with E-state index in [2.05, 4.69) is 27.4 Å². The van der Waals surface area contributed by atoms with Crippen molar-refractivity contribution < 1.29 is 13.5 Å². The molecule has 0 bridgehead atoms. The summed E-state index contributed by atoms with van der Waals surface area (Å²) in [5.41, 5.74) is 4.71. The molecular weight excluding hydrogens is 524 g/mol. The van der Waals surface area contributed by atoms with E-state index >= 15 is 0 Å². The molecule has 4 aromatic rings. The van der Waals surface area contributed by atoms with Crippen LogP contribution in [-0.2, 0) is 19.5 Å². The summed E-state index contributed by atoms with van der Waals surface area (Å²) in [4.78, 5) is 16.2. The van der Waals surface area contributed by atoms with Gasteiger partial charge in [0.25, 0.3) is 0 Å². The first-order chi connectivity index (χ1) is 19.9. The predicted molar refractivity (Wildman–Crippen MR) is 156 cm³/mol. The molecule has 0 radical (unpaired) electrons. The van der Waals surface area contributed by atoms with Crippen LogP contribution in [0.5, 0.6) is 5.75 Å². The molecule has 41 heavy (non-hydrogen) atoms. The molecule has 0 saturated heterocycles. The average molecular weight is 558 g/mol. The Kier molecular flexibility index (Phi) is 8.49. The number of fused-ring (bicyclic) bond motifs is 1. The maximum absolute atomic E-state index is 14.7. The highest BCUT2D eigenvalue weighted by atomic mass is 19.1. The minimum absolute atomic E-state index is 0.107. The zero-order valence-electron chi connectivity index (χ0n) is 23.4. The maximum Gasteiger partial charge on any atom is 0.180 e. The standard InChI is InChI=1S/C31H33F2N7O/c1-4-40-13-11-28-24(18-40)30(37-20-10-12-35-19(3)14-20)39-31(38-28)29(34)22-8-6-7-9-27(22)36-17-23-25(32)15-21(41-5-2)16-26(23)33/h6-10,12,14-16,34,36H,4-5,11,13,17-18H2,1-3H3,(H,35,37,38,39). The maximum atomic E-state index is 14.7. The number of nitrogens with one attached hydrogen (secondary N) is 3. The molecule has 1 aliphatic heterocycles. The number of ether oxygens (including phenoxy) is 1. The Morgan fingerprint density at radius 2 is 1.85 bits per heavy atom. The fraction of sp³-hybridized carbons (Fsp3) is 0.290. The second kappa shape index (κ2) is 12.4. The van der Waals surface area contributed by atoms with E-state index in [4.69, 9.17) is 20.1 Å². The van der Waals surface area contributed by atoms with Crippen LogP contribution in [0.2, 0.25) is 0 Å². The van der Waals surface area contributed by atoms with E-state index in [1.54, 1.807) is 31.3 Å². The van der Waals surface area contributed by atoms with E-state index in [0.29, 0.717) is 30.2 Å². The molecule has 5 rings (SSSR count). The molecule has 1 aliphatic rings. The van der Waals surface area contributed by atoms with Gasteiger partial charge in [-0.15, -0.1) is 0 Å². The van der Waals surface area contributed by atoms with Crippen LogP contribution >= 0.6 is 0 Å². The number of aromatic nitrogens is 3. The van der Waals surface area contributed by atoms with Gasteiger partial charge in [-0.1, -0.05) is 25.1 Å². The Bertz CT molecular complexity index is 1550. The Hall–Kier alpha value is -4.44. The summed E-state index contributed by atoms with van der Waals surface area (Å²) in [5.74, 6) is -0.326. The van der Waals surface area contributed by atoms with Gasteiger partial charge in [-0.25, -0.2) is 18.7 Å². The molecule has 3 N–H and O–H groups in total. The van der Waals surface area contributed by atoms with Crippen molar-refractivity contribution in [3.8, 4) is 5.75 Å². The number of halogens is 2. The first-order valence-corrected chi connectivity index (χ1v) is 13.7. The number of hydrogen-bond acceptors (Lipinski definition) is 8. The third-order valence-electron chi connectivity index (χ3n) is 7.05. The first kappa shape index (κ1) is 28.1. The van der Waals surface area contributed by atoms with Crippen molar-refractivity contribution in [3.05, 3.63) is 100 Å². The van der Waals surface area contributed by atoms with E-state index in [-0.39, 0.29) is 29.4 Å². The van der Waals surface area contributed by atoms with Crippen molar-refractivity contribution in [2.24, 2.45) is 0 Å². The lowest BCUT2D eigenvalue weighted by Gasteiger charge is -2.28. The molecule has 10 heteroatoms. The van der Waals surface area contributed by atoms with E-state index in [0.717, 1.165) is 42.1 Å². The number of anilines is 3. The summed E-state index contributed by atoms with van der Waals surface area (Å²) in [6.07, 6.45) is 2.48. The summed E-state index contributed by atoms with van der Waals surface area (Å²) >= 11 is 0. The summed E-state index contributed by atoms with van der Waals surface area (Å²) in [6, 6.07) is 13.3. The van der Waals surface area contributed by atoms with Gasteiger partial charge >= 0.3 is 0 Å².